The van der Waals surface area contributed by atoms with Crippen LogP contribution in [0.15, 0.2) is 59.5 Å². The molecule has 5 N–H and O–H groups in total. The Balaban J connectivity index is 1.43. The molecule has 4 aromatic rings. The van der Waals surface area contributed by atoms with Crippen molar-refractivity contribution in [2.24, 2.45) is 0 Å². The van der Waals surface area contributed by atoms with E-state index in [0.29, 0.717) is 30.0 Å². The Bertz CT molecular complexity index is 1390. The number of imidazole rings is 1. The van der Waals surface area contributed by atoms with Gasteiger partial charge in [-0.3, -0.25) is 9.69 Å². The monoisotopic (exact) mass is 502 g/mol. The van der Waals surface area contributed by atoms with Gasteiger partial charge in [0.05, 0.1) is 36.0 Å². The Labute approximate surface area is 215 Å². The molecular formula is C28H34N6O3. The fourth-order valence-corrected chi connectivity index (χ4v) is 5.06. The molecule has 0 aliphatic carbocycles. The van der Waals surface area contributed by atoms with E-state index in [1.807, 2.05) is 43.3 Å². The lowest BCUT2D eigenvalue weighted by Gasteiger charge is -2.35. The van der Waals surface area contributed by atoms with Crippen LogP contribution in [0.4, 0.5) is 11.4 Å². The molecule has 9 heteroatoms. The van der Waals surface area contributed by atoms with Crippen molar-refractivity contribution in [2.75, 3.05) is 56.2 Å². The van der Waals surface area contributed by atoms with E-state index in [0.717, 1.165) is 54.0 Å². The van der Waals surface area contributed by atoms with Crippen molar-refractivity contribution in [2.45, 2.75) is 19.4 Å². The van der Waals surface area contributed by atoms with Gasteiger partial charge in [-0.15, -0.1) is 0 Å². The maximum Gasteiger partial charge on any atom is 0.261 e. The number of pyridine rings is 1. The third-order valence-corrected chi connectivity index (χ3v) is 7.02. The SMILES string of the molecule is Cc1cc(N2CCN(CCO)CC2)cc2[nH]c(-c3c(NC(CO)Cc4ccccc4)cc[nH]c3=O)nc12. The van der Waals surface area contributed by atoms with Gasteiger partial charge in [0.15, 0.2) is 0 Å². The molecule has 1 aliphatic heterocycles. The summed E-state index contributed by atoms with van der Waals surface area (Å²) in [5.41, 5.74) is 5.75. The summed E-state index contributed by atoms with van der Waals surface area (Å²) in [4.78, 5) is 28.6. The van der Waals surface area contributed by atoms with Gasteiger partial charge in [0, 0.05) is 44.6 Å². The molecule has 3 heterocycles. The Morgan fingerprint density at radius 1 is 1.08 bits per heavy atom. The highest BCUT2D eigenvalue weighted by Gasteiger charge is 2.21. The van der Waals surface area contributed by atoms with Gasteiger partial charge in [-0.1, -0.05) is 30.3 Å². The first kappa shape index (κ1) is 25.0. The molecule has 0 amide bonds. The number of aryl methyl sites for hydroxylation is 1. The fourth-order valence-electron chi connectivity index (χ4n) is 5.06. The predicted molar refractivity (Wildman–Crippen MR) is 147 cm³/mol. The van der Waals surface area contributed by atoms with E-state index in [-0.39, 0.29) is 24.8 Å². The van der Waals surface area contributed by atoms with E-state index in [1.54, 1.807) is 6.20 Å². The zero-order chi connectivity index (χ0) is 25.8. The zero-order valence-electron chi connectivity index (χ0n) is 21.1. The first-order chi connectivity index (χ1) is 18.1. The first-order valence-corrected chi connectivity index (χ1v) is 12.8. The van der Waals surface area contributed by atoms with Crippen molar-refractivity contribution < 1.29 is 10.2 Å². The van der Waals surface area contributed by atoms with Gasteiger partial charge >= 0.3 is 0 Å². The average molecular weight is 503 g/mol. The van der Waals surface area contributed by atoms with E-state index in [4.69, 9.17) is 4.98 Å². The Hall–Kier alpha value is -3.66. The van der Waals surface area contributed by atoms with Crippen LogP contribution < -0.4 is 15.8 Å². The van der Waals surface area contributed by atoms with Crippen molar-refractivity contribution in [3.8, 4) is 11.4 Å². The molecule has 0 spiro atoms. The highest BCUT2D eigenvalue weighted by molar-refractivity contribution is 5.87. The topological polar surface area (TPSA) is 121 Å². The second-order valence-corrected chi connectivity index (χ2v) is 9.61. The summed E-state index contributed by atoms with van der Waals surface area (Å²) in [6.45, 7) is 6.46. The molecule has 37 heavy (non-hydrogen) atoms. The highest BCUT2D eigenvalue weighted by atomic mass is 16.3. The number of hydrogen-bond acceptors (Lipinski definition) is 7. The van der Waals surface area contributed by atoms with Crippen LogP contribution in [0.2, 0.25) is 0 Å². The second kappa shape index (κ2) is 11.2. The van der Waals surface area contributed by atoms with Crippen molar-refractivity contribution in [3.05, 3.63) is 76.2 Å². The van der Waals surface area contributed by atoms with Gasteiger partial charge in [0.25, 0.3) is 5.56 Å². The van der Waals surface area contributed by atoms with Crippen LogP contribution >= 0.6 is 0 Å². The number of rotatable bonds is 9. The molecule has 1 fully saturated rings. The van der Waals surface area contributed by atoms with Crippen LogP contribution in [0.5, 0.6) is 0 Å². The van der Waals surface area contributed by atoms with Crippen LogP contribution in [0.3, 0.4) is 0 Å². The summed E-state index contributed by atoms with van der Waals surface area (Å²) < 4.78 is 0. The van der Waals surface area contributed by atoms with Crippen LogP contribution in [0.1, 0.15) is 11.1 Å². The largest absolute Gasteiger partial charge is 0.395 e. The maximum atomic E-state index is 13.0. The molecule has 194 valence electrons. The third-order valence-electron chi connectivity index (χ3n) is 7.02. The summed E-state index contributed by atoms with van der Waals surface area (Å²) in [5.74, 6) is 0.490. The first-order valence-electron chi connectivity index (χ1n) is 12.8. The van der Waals surface area contributed by atoms with Gasteiger partial charge in [-0.25, -0.2) is 4.98 Å². The molecule has 1 saturated heterocycles. The summed E-state index contributed by atoms with van der Waals surface area (Å²) in [5, 5.41) is 22.6. The highest BCUT2D eigenvalue weighted by Crippen LogP contribution is 2.30. The standard InChI is InChI=1S/C28H34N6O3/c1-19-15-22(34-11-9-33(10-12-34)13-14-35)17-24-26(19)32-27(31-24)25-23(7-8-29-28(25)37)30-21(18-36)16-20-5-3-2-4-6-20/h2-8,15,17,21,35-36H,9-14,16,18H2,1H3,(H,31,32)(H2,29,30,37). The van der Waals surface area contributed by atoms with E-state index in [1.165, 1.54) is 0 Å². The molecule has 0 bridgehead atoms. The van der Waals surface area contributed by atoms with Crippen LogP contribution in [-0.2, 0) is 6.42 Å². The summed E-state index contributed by atoms with van der Waals surface area (Å²) in [6, 6.07) is 15.7. The Kier molecular flexibility index (Phi) is 7.55. The van der Waals surface area contributed by atoms with Crippen molar-refractivity contribution in [1.29, 1.82) is 0 Å². The number of nitrogens with zero attached hydrogens (tertiary/aromatic N) is 3. The molecule has 0 saturated carbocycles. The lowest BCUT2D eigenvalue weighted by atomic mass is 10.1. The third kappa shape index (κ3) is 5.53. The minimum atomic E-state index is -0.259. The number of aliphatic hydroxyl groups excluding tert-OH is 2. The van der Waals surface area contributed by atoms with Gasteiger partial charge in [-0.05, 0) is 42.7 Å². The zero-order valence-corrected chi connectivity index (χ0v) is 21.1. The lowest BCUT2D eigenvalue weighted by Crippen LogP contribution is -2.47. The normalized spacial score (nSPS) is 15.3. The molecule has 1 aliphatic rings. The summed E-state index contributed by atoms with van der Waals surface area (Å²) >= 11 is 0. The molecule has 5 rings (SSSR count). The predicted octanol–water partition coefficient (Wildman–Crippen LogP) is 2.36. The van der Waals surface area contributed by atoms with Gasteiger partial charge in [-0.2, -0.15) is 0 Å². The molecule has 0 radical (unpaired) electrons. The van der Waals surface area contributed by atoms with Gasteiger partial charge in [0.2, 0.25) is 0 Å². The molecular weight excluding hydrogens is 468 g/mol. The molecule has 2 aromatic carbocycles. The lowest BCUT2D eigenvalue weighted by molar-refractivity contribution is 0.189. The number of β-amino-alcohol motifs (C(OH)–C–C–N with tert-alkyl or cyclic N) is 1. The maximum absolute atomic E-state index is 13.0. The van der Waals surface area contributed by atoms with E-state index in [9.17, 15) is 15.0 Å². The van der Waals surface area contributed by atoms with E-state index in [2.05, 4.69) is 37.2 Å². The number of fused-ring (bicyclic) bond motifs is 1. The van der Waals surface area contributed by atoms with Crippen molar-refractivity contribution >= 4 is 22.4 Å². The number of aliphatic hydroxyl groups is 2. The number of H-pyrrole nitrogens is 2. The molecule has 1 atom stereocenters. The average Bonchev–Trinajstić information content (AvgIpc) is 3.34. The molecule has 9 nitrogen and oxygen atoms in total. The van der Waals surface area contributed by atoms with Gasteiger partial charge in [0.1, 0.15) is 11.4 Å². The Morgan fingerprint density at radius 2 is 1.86 bits per heavy atom. The van der Waals surface area contributed by atoms with E-state index < -0.39 is 0 Å². The van der Waals surface area contributed by atoms with E-state index >= 15 is 0 Å². The number of hydrogen-bond donors (Lipinski definition) is 5. The number of anilines is 2. The minimum Gasteiger partial charge on any atom is -0.395 e. The number of benzene rings is 2. The van der Waals surface area contributed by atoms with Crippen LogP contribution in [0, 0.1) is 6.92 Å². The molecule has 1 unspecified atom stereocenters. The quantitative estimate of drug-likeness (QED) is 0.238. The second-order valence-electron chi connectivity index (χ2n) is 9.61. The smallest absolute Gasteiger partial charge is 0.261 e. The fraction of sp³-hybridized carbons (Fsp3) is 0.357. The number of nitrogens with one attached hydrogen (secondary N) is 3. The summed E-state index contributed by atoms with van der Waals surface area (Å²) in [7, 11) is 0. The molecule has 2 aromatic heterocycles. The van der Waals surface area contributed by atoms with Crippen molar-refractivity contribution in [1.82, 2.24) is 19.9 Å². The van der Waals surface area contributed by atoms with Crippen LogP contribution in [-0.4, -0.2) is 82.0 Å². The van der Waals surface area contributed by atoms with Crippen LogP contribution in [0.25, 0.3) is 22.4 Å². The minimum absolute atomic E-state index is 0.0741. The number of aromatic nitrogens is 3. The van der Waals surface area contributed by atoms with Crippen molar-refractivity contribution in [3.63, 3.8) is 0 Å². The van der Waals surface area contributed by atoms with Gasteiger partial charge < -0.3 is 30.4 Å². The number of aromatic amines is 2. The number of piperazine rings is 1. The summed E-state index contributed by atoms with van der Waals surface area (Å²) in [6.07, 6.45) is 2.23. The Morgan fingerprint density at radius 3 is 2.59 bits per heavy atom.